The Bertz CT molecular complexity index is 1020. The van der Waals surface area contributed by atoms with Crippen molar-refractivity contribution in [3.8, 4) is 0 Å². The highest BCUT2D eigenvalue weighted by Gasteiger charge is 2.41. The zero-order valence-corrected chi connectivity index (χ0v) is 18.6. The maximum absolute atomic E-state index is 13.1. The molecule has 2 aliphatic rings. The summed E-state index contributed by atoms with van der Waals surface area (Å²) in [6.07, 6.45) is -2.28. The van der Waals surface area contributed by atoms with E-state index in [4.69, 9.17) is 0 Å². The smallest absolute Gasteiger partial charge is 0.385 e. The van der Waals surface area contributed by atoms with Crippen molar-refractivity contribution in [3.05, 3.63) is 71.3 Å². The average Bonchev–Trinajstić information content (AvgIpc) is 2.80. The molecule has 0 unspecified atom stereocenters. The van der Waals surface area contributed by atoms with E-state index < -0.39 is 23.2 Å². The number of aliphatic hydroxyl groups is 1. The highest BCUT2D eigenvalue weighted by atomic mass is 19.4. The zero-order valence-electron chi connectivity index (χ0n) is 18.6. The van der Waals surface area contributed by atoms with Gasteiger partial charge in [0, 0.05) is 24.7 Å². The van der Waals surface area contributed by atoms with Gasteiger partial charge in [-0.1, -0.05) is 36.4 Å². The Labute approximate surface area is 196 Å². The van der Waals surface area contributed by atoms with E-state index in [0.717, 1.165) is 17.7 Å². The molecule has 1 aliphatic carbocycles. The minimum atomic E-state index is -4.55. The second-order valence-electron chi connectivity index (χ2n) is 9.00. The molecular weight excluding hydrogens is 447 g/mol. The monoisotopic (exact) mass is 475 g/mol. The van der Waals surface area contributed by atoms with Crippen LogP contribution in [-0.4, -0.2) is 53.5 Å². The third kappa shape index (κ3) is 5.26. The third-order valence-corrected chi connectivity index (χ3v) is 6.78. The second kappa shape index (κ2) is 9.76. The Balaban J connectivity index is 1.39. The first kappa shape index (κ1) is 24.2. The highest BCUT2D eigenvalue weighted by molar-refractivity contribution is 5.96. The van der Waals surface area contributed by atoms with Gasteiger partial charge >= 0.3 is 6.18 Å². The van der Waals surface area contributed by atoms with E-state index >= 15 is 0 Å². The molecule has 182 valence electrons. The van der Waals surface area contributed by atoms with Crippen molar-refractivity contribution in [2.45, 2.75) is 49.5 Å². The summed E-state index contributed by atoms with van der Waals surface area (Å²) in [7, 11) is 0. The molecule has 0 spiro atoms. The fourth-order valence-electron chi connectivity index (χ4n) is 4.76. The Hall–Kier alpha value is -2.91. The predicted molar refractivity (Wildman–Crippen MR) is 120 cm³/mol. The highest BCUT2D eigenvalue weighted by Crippen LogP contribution is 2.39. The molecule has 1 saturated carbocycles. The van der Waals surface area contributed by atoms with Crippen LogP contribution >= 0.6 is 0 Å². The lowest BCUT2D eigenvalue weighted by molar-refractivity contribution is -0.139. The fourth-order valence-corrected chi connectivity index (χ4v) is 4.76. The topological polar surface area (TPSA) is 81.7 Å². The van der Waals surface area contributed by atoms with Crippen molar-refractivity contribution in [2.24, 2.45) is 0 Å². The standard InChI is InChI=1S/C25H28F3N3O3/c26-25(27,28)19-8-4-5-17(13-19)23(33)30-16-22(32)31(21-14-29-15-21)20-9-11-24(34,12-10-20)18-6-2-1-3-7-18/h1-8,13,20-21,29,34H,9-12,14-16H2,(H,30,33). The van der Waals surface area contributed by atoms with E-state index in [2.05, 4.69) is 10.6 Å². The van der Waals surface area contributed by atoms with Gasteiger partial charge in [-0.05, 0) is 49.4 Å². The number of benzene rings is 2. The summed E-state index contributed by atoms with van der Waals surface area (Å²) in [5, 5.41) is 16.7. The number of alkyl halides is 3. The maximum Gasteiger partial charge on any atom is 0.416 e. The first-order valence-corrected chi connectivity index (χ1v) is 11.4. The summed E-state index contributed by atoms with van der Waals surface area (Å²) in [4.78, 5) is 27.3. The van der Waals surface area contributed by atoms with Crippen LogP contribution in [0, 0.1) is 0 Å². The summed E-state index contributed by atoms with van der Waals surface area (Å²) >= 11 is 0. The van der Waals surface area contributed by atoms with Gasteiger partial charge < -0.3 is 20.6 Å². The molecule has 3 N–H and O–H groups in total. The van der Waals surface area contributed by atoms with Crippen LogP contribution in [0.5, 0.6) is 0 Å². The number of amides is 2. The van der Waals surface area contributed by atoms with E-state index in [1.165, 1.54) is 12.1 Å². The molecule has 0 aromatic heterocycles. The molecule has 1 aliphatic heterocycles. The van der Waals surface area contributed by atoms with Crippen molar-refractivity contribution in [1.29, 1.82) is 0 Å². The number of hydrogen-bond donors (Lipinski definition) is 3. The summed E-state index contributed by atoms with van der Waals surface area (Å²) in [5.41, 5.74) is -1.13. The van der Waals surface area contributed by atoms with E-state index in [1.54, 1.807) is 4.90 Å². The van der Waals surface area contributed by atoms with Gasteiger partial charge in [-0.15, -0.1) is 0 Å². The molecule has 1 saturated heterocycles. The molecule has 2 aromatic carbocycles. The van der Waals surface area contributed by atoms with Crippen molar-refractivity contribution in [3.63, 3.8) is 0 Å². The molecule has 0 atom stereocenters. The summed E-state index contributed by atoms with van der Waals surface area (Å²) < 4.78 is 38.8. The minimum Gasteiger partial charge on any atom is -0.385 e. The minimum absolute atomic E-state index is 0.00845. The molecule has 1 heterocycles. The number of nitrogens with zero attached hydrogens (tertiary/aromatic N) is 1. The Morgan fingerprint density at radius 2 is 1.71 bits per heavy atom. The molecule has 2 fully saturated rings. The van der Waals surface area contributed by atoms with Crippen molar-refractivity contribution < 1.29 is 27.9 Å². The number of carbonyl (C=O) groups is 2. The van der Waals surface area contributed by atoms with Crippen molar-refractivity contribution >= 4 is 11.8 Å². The number of carbonyl (C=O) groups excluding carboxylic acids is 2. The number of hydrogen-bond acceptors (Lipinski definition) is 4. The molecule has 34 heavy (non-hydrogen) atoms. The van der Waals surface area contributed by atoms with Crippen LogP contribution in [0.1, 0.15) is 47.2 Å². The zero-order chi connectivity index (χ0) is 24.3. The van der Waals surface area contributed by atoms with Gasteiger partial charge in [0.1, 0.15) is 0 Å². The molecule has 6 nitrogen and oxygen atoms in total. The number of nitrogens with one attached hydrogen (secondary N) is 2. The van der Waals surface area contributed by atoms with Gasteiger partial charge in [-0.3, -0.25) is 9.59 Å². The first-order valence-electron chi connectivity index (χ1n) is 11.4. The van der Waals surface area contributed by atoms with Crippen LogP contribution in [-0.2, 0) is 16.6 Å². The second-order valence-corrected chi connectivity index (χ2v) is 9.00. The van der Waals surface area contributed by atoms with Gasteiger partial charge in [0.25, 0.3) is 5.91 Å². The van der Waals surface area contributed by atoms with Crippen LogP contribution < -0.4 is 10.6 Å². The Kier molecular flexibility index (Phi) is 6.95. The normalized spacial score (nSPS) is 23.1. The lowest BCUT2D eigenvalue weighted by Crippen LogP contribution is -2.63. The van der Waals surface area contributed by atoms with Crippen molar-refractivity contribution in [1.82, 2.24) is 15.5 Å². The summed E-state index contributed by atoms with van der Waals surface area (Å²) in [6.45, 7) is 0.991. The van der Waals surface area contributed by atoms with Crippen molar-refractivity contribution in [2.75, 3.05) is 19.6 Å². The molecule has 4 rings (SSSR count). The van der Waals surface area contributed by atoms with Crippen LogP contribution in [0.3, 0.4) is 0 Å². The van der Waals surface area contributed by atoms with Gasteiger partial charge in [-0.25, -0.2) is 0 Å². The van der Waals surface area contributed by atoms with E-state index in [1.807, 2.05) is 30.3 Å². The Morgan fingerprint density at radius 1 is 1.03 bits per heavy atom. The van der Waals surface area contributed by atoms with Crippen LogP contribution in [0.2, 0.25) is 0 Å². The first-order chi connectivity index (χ1) is 16.2. The SMILES string of the molecule is O=C(NCC(=O)N(C1CCC(O)(c2ccccc2)CC1)C1CNC1)c1cccc(C(F)(F)F)c1. The van der Waals surface area contributed by atoms with E-state index in [9.17, 15) is 27.9 Å². The number of rotatable bonds is 6. The quantitative estimate of drug-likeness (QED) is 0.600. The molecule has 0 radical (unpaired) electrons. The molecule has 2 aromatic rings. The molecule has 9 heteroatoms. The van der Waals surface area contributed by atoms with Crippen LogP contribution in [0.15, 0.2) is 54.6 Å². The summed E-state index contributed by atoms with van der Waals surface area (Å²) in [5.74, 6) is -1.00. The average molecular weight is 476 g/mol. The predicted octanol–water partition coefficient (Wildman–Crippen LogP) is 3.07. The van der Waals surface area contributed by atoms with Crippen LogP contribution in [0.25, 0.3) is 0 Å². The maximum atomic E-state index is 13.1. The number of halogens is 3. The lowest BCUT2D eigenvalue weighted by Gasteiger charge is -2.47. The fraction of sp³-hybridized carbons (Fsp3) is 0.440. The largest absolute Gasteiger partial charge is 0.416 e. The van der Waals surface area contributed by atoms with Gasteiger partial charge in [0.15, 0.2) is 0 Å². The van der Waals surface area contributed by atoms with Gasteiger partial charge in [0.05, 0.1) is 23.8 Å². The summed E-state index contributed by atoms with van der Waals surface area (Å²) in [6, 6.07) is 13.5. The van der Waals surface area contributed by atoms with E-state index in [0.29, 0.717) is 38.8 Å². The molecule has 0 bridgehead atoms. The van der Waals surface area contributed by atoms with Gasteiger partial charge in [-0.2, -0.15) is 13.2 Å². The molecular formula is C25H28F3N3O3. The van der Waals surface area contributed by atoms with E-state index in [-0.39, 0.29) is 30.1 Å². The lowest BCUT2D eigenvalue weighted by atomic mass is 9.77. The van der Waals surface area contributed by atoms with Crippen LogP contribution in [0.4, 0.5) is 13.2 Å². The molecule has 2 amide bonds. The third-order valence-electron chi connectivity index (χ3n) is 6.78. The van der Waals surface area contributed by atoms with Gasteiger partial charge in [0.2, 0.25) is 5.91 Å². The Morgan fingerprint density at radius 3 is 2.29 bits per heavy atom.